The van der Waals surface area contributed by atoms with E-state index in [-0.39, 0.29) is 0 Å². The summed E-state index contributed by atoms with van der Waals surface area (Å²) in [6.45, 7) is 2.05. The second kappa shape index (κ2) is 6.32. The number of rotatable bonds is 4. The average molecular weight is 349 g/mol. The van der Waals surface area contributed by atoms with Gasteiger partial charge in [-0.05, 0) is 43.0 Å². The Balaban J connectivity index is 1.70. The van der Waals surface area contributed by atoms with E-state index in [1.807, 2.05) is 31.2 Å². The van der Waals surface area contributed by atoms with E-state index in [4.69, 9.17) is 0 Å². The van der Waals surface area contributed by atoms with Crippen LogP contribution in [0.3, 0.4) is 0 Å². The van der Waals surface area contributed by atoms with Crippen LogP contribution in [-0.4, -0.2) is 14.9 Å². The maximum atomic E-state index is 10.4. The fourth-order valence-corrected chi connectivity index (χ4v) is 3.83. The topological polar surface area (TPSA) is 38.0 Å². The molecule has 4 heteroatoms. The molecule has 0 radical (unpaired) electrons. The number of aromatic nitrogens is 2. The van der Waals surface area contributed by atoms with Crippen LogP contribution in [0, 0.1) is 6.92 Å². The van der Waals surface area contributed by atoms with Gasteiger partial charge in [0.05, 0.1) is 17.8 Å². The molecule has 3 rings (SSSR count). The third-order valence-electron chi connectivity index (χ3n) is 4.28. The van der Waals surface area contributed by atoms with Crippen LogP contribution in [-0.2, 0) is 6.42 Å². The van der Waals surface area contributed by atoms with Crippen LogP contribution in [0.25, 0.3) is 0 Å². The zero-order valence-corrected chi connectivity index (χ0v) is 13.9. The first kappa shape index (κ1) is 14.8. The summed E-state index contributed by atoms with van der Waals surface area (Å²) >= 11 is 3.53. The number of nitrogens with zero attached hydrogens (tertiary/aromatic N) is 2. The van der Waals surface area contributed by atoms with Crippen LogP contribution in [0.15, 0.2) is 34.9 Å². The molecule has 1 aromatic heterocycles. The summed E-state index contributed by atoms with van der Waals surface area (Å²) in [6.07, 6.45) is 7.16. The molecule has 0 amide bonds. The molecule has 1 heterocycles. The molecule has 0 bridgehead atoms. The molecule has 1 aromatic carbocycles. The molecule has 21 heavy (non-hydrogen) atoms. The van der Waals surface area contributed by atoms with Crippen LogP contribution in [0.2, 0.25) is 0 Å². The van der Waals surface area contributed by atoms with Gasteiger partial charge in [-0.2, -0.15) is 5.10 Å². The van der Waals surface area contributed by atoms with Gasteiger partial charge in [-0.15, -0.1) is 0 Å². The van der Waals surface area contributed by atoms with E-state index in [9.17, 15) is 5.11 Å². The lowest BCUT2D eigenvalue weighted by molar-refractivity contribution is 0.176. The predicted molar refractivity (Wildman–Crippen MR) is 87.3 cm³/mol. The van der Waals surface area contributed by atoms with E-state index < -0.39 is 6.10 Å². The molecule has 0 saturated heterocycles. The van der Waals surface area contributed by atoms with Crippen molar-refractivity contribution in [3.8, 4) is 0 Å². The lowest BCUT2D eigenvalue weighted by Gasteiger charge is -2.13. The van der Waals surface area contributed by atoms with Crippen molar-refractivity contribution < 1.29 is 5.11 Å². The Hall–Kier alpha value is -1.13. The second-order valence-electron chi connectivity index (χ2n) is 5.97. The zero-order chi connectivity index (χ0) is 14.8. The van der Waals surface area contributed by atoms with Crippen LogP contribution < -0.4 is 0 Å². The minimum atomic E-state index is -0.521. The highest BCUT2D eigenvalue weighted by Crippen LogP contribution is 2.30. The summed E-state index contributed by atoms with van der Waals surface area (Å²) in [6, 6.07) is 8.64. The highest BCUT2D eigenvalue weighted by Gasteiger charge is 2.19. The minimum Gasteiger partial charge on any atom is -0.388 e. The molecule has 2 aromatic rings. The normalized spacial score (nSPS) is 17.3. The molecule has 1 aliphatic carbocycles. The van der Waals surface area contributed by atoms with Crippen molar-refractivity contribution in [2.24, 2.45) is 0 Å². The molecule has 0 spiro atoms. The first-order valence-electron chi connectivity index (χ1n) is 7.61. The molecule has 1 fully saturated rings. The monoisotopic (exact) mass is 348 g/mol. The first-order chi connectivity index (χ1) is 10.1. The predicted octanol–water partition coefficient (Wildman–Crippen LogP) is 4.35. The summed E-state index contributed by atoms with van der Waals surface area (Å²) in [5.41, 5.74) is 3.07. The Morgan fingerprint density at radius 1 is 1.33 bits per heavy atom. The Morgan fingerprint density at radius 3 is 2.81 bits per heavy atom. The molecule has 1 saturated carbocycles. The van der Waals surface area contributed by atoms with Crippen molar-refractivity contribution in [1.29, 1.82) is 0 Å². The van der Waals surface area contributed by atoms with Gasteiger partial charge in [-0.1, -0.05) is 40.9 Å². The lowest BCUT2D eigenvalue weighted by atomic mass is 10.0. The van der Waals surface area contributed by atoms with Gasteiger partial charge in [0.2, 0.25) is 0 Å². The number of benzene rings is 1. The Labute approximate surface area is 134 Å². The van der Waals surface area contributed by atoms with Crippen molar-refractivity contribution in [1.82, 2.24) is 9.78 Å². The van der Waals surface area contributed by atoms with E-state index in [2.05, 4.69) is 31.9 Å². The van der Waals surface area contributed by atoms with Crippen LogP contribution in [0.4, 0.5) is 0 Å². The summed E-state index contributed by atoms with van der Waals surface area (Å²) in [4.78, 5) is 0. The van der Waals surface area contributed by atoms with E-state index in [0.29, 0.717) is 12.5 Å². The molecule has 3 nitrogen and oxygen atoms in total. The Bertz CT molecular complexity index is 617. The molecule has 0 aliphatic heterocycles. The van der Waals surface area contributed by atoms with Gasteiger partial charge in [0.25, 0.3) is 0 Å². The quantitative estimate of drug-likeness (QED) is 0.891. The highest BCUT2D eigenvalue weighted by molar-refractivity contribution is 9.10. The summed E-state index contributed by atoms with van der Waals surface area (Å²) in [5, 5.41) is 15.1. The summed E-state index contributed by atoms with van der Waals surface area (Å²) in [7, 11) is 0. The van der Waals surface area contributed by atoms with Crippen LogP contribution in [0.5, 0.6) is 0 Å². The number of aryl methyl sites for hydroxylation is 1. The zero-order valence-electron chi connectivity index (χ0n) is 12.3. The van der Waals surface area contributed by atoms with Crippen LogP contribution in [0.1, 0.15) is 54.6 Å². The molecule has 1 aliphatic rings. The van der Waals surface area contributed by atoms with Gasteiger partial charge in [0, 0.05) is 17.1 Å². The number of aliphatic hydroxyl groups is 1. The van der Waals surface area contributed by atoms with Gasteiger partial charge in [-0.3, -0.25) is 4.68 Å². The first-order valence-corrected chi connectivity index (χ1v) is 8.41. The van der Waals surface area contributed by atoms with Crippen LogP contribution >= 0.6 is 15.9 Å². The van der Waals surface area contributed by atoms with Gasteiger partial charge < -0.3 is 5.11 Å². The van der Waals surface area contributed by atoms with E-state index in [1.54, 1.807) is 0 Å². The SMILES string of the molecule is Cc1ccc(C(O)Cc2ccn(C3CCCC3)n2)c(Br)c1. The second-order valence-corrected chi connectivity index (χ2v) is 6.82. The van der Waals surface area contributed by atoms with Gasteiger partial charge >= 0.3 is 0 Å². The molecular weight excluding hydrogens is 328 g/mol. The highest BCUT2D eigenvalue weighted by atomic mass is 79.9. The van der Waals surface area contributed by atoms with E-state index >= 15 is 0 Å². The molecule has 1 unspecified atom stereocenters. The number of aliphatic hydroxyl groups excluding tert-OH is 1. The van der Waals surface area contributed by atoms with Gasteiger partial charge in [0.15, 0.2) is 0 Å². The van der Waals surface area contributed by atoms with Gasteiger partial charge in [-0.25, -0.2) is 0 Å². The Kier molecular flexibility index (Phi) is 4.45. The summed E-state index contributed by atoms with van der Waals surface area (Å²) in [5.74, 6) is 0. The molecule has 112 valence electrons. The third-order valence-corrected chi connectivity index (χ3v) is 4.97. The van der Waals surface area contributed by atoms with Crippen molar-refractivity contribution in [3.63, 3.8) is 0 Å². The number of hydrogen-bond donors (Lipinski definition) is 1. The maximum absolute atomic E-state index is 10.4. The lowest BCUT2D eigenvalue weighted by Crippen LogP contribution is -2.07. The third kappa shape index (κ3) is 3.38. The summed E-state index contributed by atoms with van der Waals surface area (Å²) < 4.78 is 3.05. The molecule has 1 atom stereocenters. The smallest absolute Gasteiger partial charge is 0.0857 e. The van der Waals surface area contributed by atoms with Crippen molar-refractivity contribution in [3.05, 3.63) is 51.8 Å². The van der Waals surface area contributed by atoms with E-state index in [0.717, 1.165) is 15.7 Å². The molecular formula is C17H21BrN2O. The Morgan fingerprint density at radius 2 is 2.10 bits per heavy atom. The van der Waals surface area contributed by atoms with Crippen molar-refractivity contribution in [2.45, 2.75) is 51.2 Å². The number of halogens is 1. The standard InChI is InChI=1S/C17H21BrN2O/c1-12-6-7-15(16(18)10-12)17(21)11-13-8-9-20(19-13)14-4-2-3-5-14/h6-10,14,17,21H,2-5,11H2,1H3. The molecule has 1 N–H and O–H groups in total. The minimum absolute atomic E-state index is 0.521. The number of hydrogen-bond acceptors (Lipinski definition) is 2. The maximum Gasteiger partial charge on any atom is 0.0857 e. The van der Waals surface area contributed by atoms with Crippen molar-refractivity contribution in [2.75, 3.05) is 0 Å². The fourth-order valence-electron chi connectivity index (χ4n) is 3.07. The van der Waals surface area contributed by atoms with Gasteiger partial charge in [0.1, 0.15) is 0 Å². The van der Waals surface area contributed by atoms with E-state index in [1.165, 1.54) is 31.2 Å². The largest absolute Gasteiger partial charge is 0.388 e. The average Bonchev–Trinajstić information content (AvgIpc) is 3.08. The fraction of sp³-hybridized carbons (Fsp3) is 0.471. The van der Waals surface area contributed by atoms with Crippen molar-refractivity contribution >= 4 is 15.9 Å².